The molecule has 4 rings (SSSR count). The largest absolute Gasteiger partial charge is 0.512 e. The summed E-state index contributed by atoms with van der Waals surface area (Å²) in [6.07, 6.45) is 3.08. The number of thiophene rings is 1. The number of benzene rings is 2. The zero-order valence-electron chi connectivity index (χ0n) is 22.9. The van der Waals surface area contributed by atoms with Gasteiger partial charge in [0.2, 0.25) is 0 Å². The van der Waals surface area contributed by atoms with Crippen molar-refractivity contribution in [2.24, 2.45) is 0 Å². The molecule has 0 saturated heterocycles. The van der Waals surface area contributed by atoms with Gasteiger partial charge in [0.1, 0.15) is 0 Å². The number of rotatable bonds is 3. The van der Waals surface area contributed by atoms with E-state index in [9.17, 15) is 4.79 Å². The van der Waals surface area contributed by atoms with Crippen LogP contribution in [0.15, 0.2) is 72.6 Å². The van der Waals surface area contributed by atoms with Crippen molar-refractivity contribution in [2.75, 3.05) is 0 Å². The second kappa shape index (κ2) is 12.3. The molecule has 0 unspecified atom stereocenters. The van der Waals surface area contributed by atoms with E-state index in [4.69, 9.17) is 10.1 Å². The molecule has 2 aromatic heterocycles. The predicted molar refractivity (Wildman–Crippen MR) is 154 cm³/mol. The molecule has 0 spiro atoms. The van der Waals surface area contributed by atoms with Gasteiger partial charge in [-0.05, 0) is 59.0 Å². The number of aliphatic hydroxyl groups is 1. The number of allylic oxidation sites excluding steroid dienone is 2. The summed E-state index contributed by atoms with van der Waals surface area (Å²) < 4.78 is 1.26. The molecule has 1 radical (unpaired) electrons. The van der Waals surface area contributed by atoms with Gasteiger partial charge < -0.3 is 10.1 Å². The van der Waals surface area contributed by atoms with Gasteiger partial charge in [0, 0.05) is 42.0 Å². The molecule has 0 saturated carbocycles. The third kappa shape index (κ3) is 8.20. The molecular weight excluding hydrogens is 655 g/mol. The van der Waals surface area contributed by atoms with Gasteiger partial charge >= 0.3 is 0 Å². The summed E-state index contributed by atoms with van der Waals surface area (Å²) >= 11 is 1.83. The molecule has 0 aliphatic heterocycles. The summed E-state index contributed by atoms with van der Waals surface area (Å²) in [7, 11) is 0. The fourth-order valence-corrected chi connectivity index (χ4v) is 4.85. The van der Waals surface area contributed by atoms with Gasteiger partial charge in [0.05, 0.1) is 5.76 Å². The Labute approximate surface area is 239 Å². The fraction of sp³-hybridized carbons (Fsp3) is 0.312. The van der Waals surface area contributed by atoms with Gasteiger partial charge in [-0.2, -0.15) is 0 Å². The summed E-state index contributed by atoms with van der Waals surface area (Å²) in [6, 6.07) is 23.3. The molecular formula is C32H36IrNO2S-. The predicted octanol–water partition coefficient (Wildman–Crippen LogP) is 9.06. The normalized spacial score (nSPS) is 11.9. The molecule has 37 heavy (non-hydrogen) atoms. The first kappa shape index (κ1) is 30.6. The molecule has 0 atom stereocenters. The van der Waals surface area contributed by atoms with Crippen molar-refractivity contribution in [3.8, 4) is 21.7 Å². The Morgan fingerprint density at radius 2 is 1.51 bits per heavy atom. The number of fused-ring (bicyclic) bond motifs is 1. The van der Waals surface area contributed by atoms with Crippen LogP contribution in [-0.4, -0.2) is 15.9 Å². The first-order valence-electron chi connectivity index (χ1n) is 12.2. The van der Waals surface area contributed by atoms with E-state index in [0.29, 0.717) is 0 Å². The minimum absolute atomic E-state index is 0. The van der Waals surface area contributed by atoms with Gasteiger partial charge in [-0.25, -0.2) is 0 Å². The molecule has 197 valence electrons. The van der Waals surface area contributed by atoms with Crippen LogP contribution in [0.25, 0.3) is 31.8 Å². The number of hydrogen-bond donors (Lipinski definition) is 1. The SMILES string of the molecule is CC(=O)C=C(C)O.CC(C)(C)c1c[c-]c(-c2nccc3sc(-c4ccc(C(C)(C)C)cc4)cc23)cc1.[Ir]. The Morgan fingerprint density at radius 3 is 1.97 bits per heavy atom. The summed E-state index contributed by atoms with van der Waals surface area (Å²) in [5.41, 5.74) is 6.27. The van der Waals surface area contributed by atoms with E-state index in [-0.39, 0.29) is 42.5 Å². The van der Waals surface area contributed by atoms with Crippen LogP contribution in [-0.2, 0) is 35.7 Å². The monoisotopic (exact) mass is 691 g/mol. The van der Waals surface area contributed by atoms with Crippen molar-refractivity contribution in [2.45, 2.75) is 66.2 Å². The number of aliphatic hydroxyl groups excluding tert-OH is 1. The van der Waals surface area contributed by atoms with Gasteiger partial charge in [0.15, 0.2) is 5.78 Å². The first-order chi connectivity index (χ1) is 16.8. The van der Waals surface area contributed by atoms with Crippen molar-refractivity contribution < 1.29 is 30.0 Å². The van der Waals surface area contributed by atoms with Crippen molar-refractivity contribution in [1.29, 1.82) is 0 Å². The fourth-order valence-electron chi connectivity index (χ4n) is 3.79. The summed E-state index contributed by atoms with van der Waals surface area (Å²) in [5, 5.41) is 9.56. The number of hydrogen-bond acceptors (Lipinski definition) is 4. The number of pyridine rings is 1. The molecule has 0 aliphatic rings. The minimum atomic E-state index is -0.125. The third-order valence-corrected chi connectivity index (χ3v) is 6.98. The van der Waals surface area contributed by atoms with Crippen LogP contribution >= 0.6 is 11.3 Å². The molecule has 0 amide bonds. The van der Waals surface area contributed by atoms with Gasteiger partial charge in [-0.15, -0.1) is 46.7 Å². The Kier molecular flexibility index (Phi) is 10.2. The minimum Gasteiger partial charge on any atom is -0.512 e. The van der Waals surface area contributed by atoms with Crippen LogP contribution in [0.2, 0.25) is 0 Å². The zero-order chi connectivity index (χ0) is 26.7. The number of ketones is 1. The molecule has 2 heterocycles. The Morgan fingerprint density at radius 1 is 0.919 bits per heavy atom. The molecule has 5 heteroatoms. The third-order valence-electron chi connectivity index (χ3n) is 5.83. The second-order valence-electron chi connectivity index (χ2n) is 11.1. The van der Waals surface area contributed by atoms with Crippen molar-refractivity contribution in [1.82, 2.24) is 4.98 Å². The van der Waals surface area contributed by atoms with Crippen molar-refractivity contribution in [3.05, 3.63) is 89.8 Å². The van der Waals surface area contributed by atoms with Crippen LogP contribution in [0.5, 0.6) is 0 Å². The summed E-state index contributed by atoms with van der Waals surface area (Å²) in [5.74, 6) is -0.0625. The van der Waals surface area contributed by atoms with E-state index in [2.05, 4.69) is 102 Å². The van der Waals surface area contributed by atoms with Crippen LogP contribution in [0.4, 0.5) is 0 Å². The second-order valence-corrected chi connectivity index (χ2v) is 12.2. The standard InChI is InChI=1S/C27H28NS.C5H8O2.Ir/c1-26(2,3)20-11-7-18(8-12-20)24-17-22-23(29-24)15-16-28-25(22)19-9-13-21(14-10-19)27(4,5)6;1-4(6)3-5(2)7;/h7-9,11-17H,1-6H3;3,6H,1-2H3;/q-1;;. The summed E-state index contributed by atoms with van der Waals surface area (Å²) in [6.45, 7) is 16.3. The molecule has 1 N–H and O–H groups in total. The average molecular weight is 691 g/mol. The van der Waals surface area contributed by atoms with Gasteiger partial charge in [-0.1, -0.05) is 65.8 Å². The Hall–Kier alpha value is -2.59. The van der Waals surface area contributed by atoms with E-state index in [1.54, 1.807) is 0 Å². The number of carbonyl (C=O) groups is 1. The van der Waals surface area contributed by atoms with Crippen LogP contribution in [0, 0.1) is 6.07 Å². The maximum absolute atomic E-state index is 10.0. The Balaban J connectivity index is 0.000000532. The molecule has 0 aliphatic carbocycles. The maximum atomic E-state index is 10.0. The van der Waals surface area contributed by atoms with Crippen LogP contribution in [0.3, 0.4) is 0 Å². The first-order valence-corrected chi connectivity index (χ1v) is 13.0. The maximum Gasteiger partial charge on any atom is 0.155 e. The number of carbonyl (C=O) groups excluding carboxylic acids is 1. The van der Waals surface area contributed by atoms with E-state index in [0.717, 1.165) is 11.3 Å². The zero-order valence-corrected chi connectivity index (χ0v) is 26.1. The van der Waals surface area contributed by atoms with E-state index in [1.807, 2.05) is 17.5 Å². The van der Waals surface area contributed by atoms with Crippen LogP contribution in [0.1, 0.15) is 66.5 Å². The van der Waals surface area contributed by atoms with Crippen molar-refractivity contribution >= 4 is 27.2 Å². The topological polar surface area (TPSA) is 50.2 Å². The van der Waals surface area contributed by atoms with Crippen molar-refractivity contribution in [3.63, 3.8) is 0 Å². The van der Waals surface area contributed by atoms with Gasteiger partial charge in [0.25, 0.3) is 0 Å². The molecule has 0 bridgehead atoms. The van der Waals surface area contributed by atoms with E-state index >= 15 is 0 Å². The molecule has 3 nitrogen and oxygen atoms in total. The van der Waals surface area contributed by atoms with E-state index < -0.39 is 0 Å². The van der Waals surface area contributed by atoms with E-state index in [1.165, 1.54) is 51.6 Å². The molecule has 0 fully saturated rings. The molecule has 2 aromatic carbocycles. The smallest absolute Gasteiger partial charge is 0.155 e. The van der Waals surface area contributed by atoms with Gasteiger partial charge in [-0.3, -0.25) is 4.79 Å². The average Bonchev–Trinajstić information content (AvgIpc) is 3.22. The summed E-state index contributed by atoms with van der Waals surface area (Å²) in [4.78, 5) is 16.0. The number of nitrogens with zero attached hydrogens (tertiary/aromatic N) is 1. The Bertz CT molecular complexity index is 1370. The quantitative estimate of drug-likeness (QED) is 0.133. The molecule has 4 aromatic rings. The van der Waals surface area contributed by atoms with Crippen LogP contribution < -0.4 is 0 Å². The number of aromatic nitrogens is 1.